The normalized spacial score (nSPS) is 18.7. The molecule has 0 aliphatic carbocycles. The van der Waals surface area contributed by atoms with Crippen LogP contribution in [0.2, 0.25) is 0 Å². The Morgan fingerprint density at radius 2 is 1.95 bits per heavy atom. The third-order valence-electron chi connectivity index (χ3n) is 4.82. The van der Waals surface area contributed by atoms with Crippen LogP contribution in [0.25, 0.3) is 0 Å². The number of nitrogens with zero attached hydrogens (tertiary/aromatic N) is 1. The van der Waals surface area contributed by atoms with Crippen molar-refractivity contribution in [2.45, 2.75) is 39.5 Å². The second kappa shape index (κ2) is 6.65. The largest absolute Gasteiger partial charge is 0.303 e. The first-order chi connectivity index (χ1) is 9.95. The maximum Gasteiger partial charge on any atom is 0.169 e. The first kappa shape index (κ1) is 16.1. The molecule has 1 fully saturated rings. The van der Waals surface area contributed by atoms with Crippen molar-refractivity contribution >= 4 is 5.78 Å². The van der Waals surface area contributed by atoms with E-state index >= 15 is 0 Å². The molecule has 21 heavy (non-hydrogen) atoms. The first-order valence-electron chi connectivity index (χ1n) is 7.65. The molecule has 0 atom stereocenters. The zero-order valence-corrected chi connectivity index (χ0v) is 12.8. The summed E-state index contributed by atoms with van der Waals surface area (Å²) >= 11 is 0. The molecule has 2 rings (SSSR count). The van der Waals surface area contributed by atoms with Gasteiger partial charge in [0, 0.05) is 13.0 Å². The van der Waals surface area contributed by atoms with Crippen LogP contribution in [-0.2, 0) is 0 Å². The SMILES string of the molecule is CCC1(C)CCN(CCC(=O)c2cccc(F)c2F)CC1. The van der Waals surface area contributed by atoms with Gasteiger partial charge in [-0.3, -0.25) is 4.79 Å². The minimum Gasteiger partial charge on any atom is -0.303 e. The number of rotatable bonds is 5. The van der Waals surface area contributed by atoms with E-state index in [1.54, 1.807) is 0 Å². The lowest BCUT2D eigenvalue weighted by molar-refractivity contribution is 0.0898. The van der Waals surface area contributed by atoms with E-state index in [0.29, 0.717) is 12.0 Å². The van der Waals surface area contributed by atoms with E-state index < -0.39 is 11.6 Å². The standard InChI is InChI=1S/C17H23F2NO/c1-3-17(2)8-11-20(12-9-17)10-7-15(21)13-5-4-6-14(18)16(13)19/h4-6H,3,7-12H2,1-2H3. The van der Waals surface area contributed by atoms with Gasteiger partial charge in [-0.2, -0.15) is 0 Å². The van der Waals surface area contributed by atoms with Crippen molar-refractivity contribution in [2.75, 3.05) is 19.6 Å². The third-order valence-corrected chi connectivity index (χ3v) is 4.82. The highest BCUT2D eigenvalue weighted by Crippen LogP contribution is 2.33. The van der Waals surface area contributed by atoms with Crippen molar-refractivity contribution in [3.05, 3.63) is 35.4 Å². The van der Waals surface area contributed by atoms with Gasteiger partial charge in [0.1, 0.15) is 0 Å². The van der Waals surface area contributed by atoms with E-state index in [-0.39, 0.29) is 17.8 Å². The smallest absolute Gasteiger partial charge is 0.169 e. The van der Waals surface area contributed by atoms with Crippen LogP contribution in [0, 0.1) is 17.0 Å². The van der Waals surface area contributed by atoms with Crippen molar-refractivity contribution < 1.29 is 13.6 Å². The Morgan fingerprint density at radius 1 is 1.29 bits per heavy atom. The number of benzene rings is 1. The average Bonchev–Trinajstić information content (AvgIpc) is 2.49. The molecule has 0 saturated carbocycles. The van der Waals surface area contributed by atoms with Crippen molar-refractivity contribution in [3.63, 3.8) is 0 Å². The Hall–Kier alpha value is -1.29. The van der Waals surface area contributed by atoms with Crippen LogP contribution in [0.4, 0.5) is 8.78 Å². The number of Topliss-reactive ketones (excluding diaryl/α,β-unsaturated/α-hetero) is 1. The van der Waals surface area contributed by atoms with E-state index in [2.05, 4.69) is 18.7 Å². The molecule has 1 aromatic carbocycles. The molecule has 0 unspecified atom stereocenters. The minimum absolute atomic E-state index is 0.134. The monoisotopic (exact) mass is 295 g/mol. The summed E-state index contributed by atoms with van der Waals surface area (Å²) in [6, 6.07) is 3.76. The molecule has 0 bridgehead atoms. The number of piperidine rings is 1. The first-order valence-corrected chi connectivity index (χ1v) is 7.65. The van der Waals surface area contributed by atoms with Gasteiger partial charge in [0.25, 0.3) is 0 Å². The highest BCUT2D eigenvalue weighted by atomic mass is 19.2. The molecular weight excluding hydrogens is 272 g/mol. The maximum absolute atomic E-state index is 13.6. The Balaban J connectivity index is 1.87. The third kappa shape index (κ3) is 3.88. The zero-order chi connectivity index (χ0) is 15.5. The topological polar surface area (TPSA) is 20.3 Å². The quantitative estimate of drug-likeness (QED) is 0.764. The predicted molar refractivity (Wildman–Crippen MR) is 79.4 cm³/mol. The van der Waals surface area contributed by atoms with Crippen LogP contribution in [-0.4, -0.2) is 30.3 Å². The summed E-state index contributed by atoms with van der Waals surface area (Å²) in [5.74, 6) is -2.31. The number of halogens is 2. The fraction of sp³-hybridized carbons (Fsp3) is 0.588. The molecule has 116 valence electrons. The average molecular weight is 295 g/mol. The highest BCUT2D eigenvalue weighted by Gasteiger charge is 2.28. The molecule has 4 heteroatoms. The molecule has 0 N–H and O–H groups in total. The molecule has 0 amide bonds. The van der Waals surface area contributed by atoms with Crippen LogP contribution in [0.15, 0.2) is 18.2 Å². The molecule has 1 saturated heterocycles. The van der Waals surface area contributed by atoms with Crippen molar-refractivity contribution in [1.82, 2.24) is 4.90 Å². The van der Waals surface area contributed by atoms with Crippen LogP contribution >= 0.6 is 0 Å². The van der Waals surface area contributed by atoms with Gasteiger partial charge in [0.2, 0.25) is 0 Å². The zero-order valence-electron chi connectivity index (χ0n) is 12.8. The van der Waals surface area contributed by atoms with Gasteiger partial charge < -0.3 is 4.90 Å². The molecule has 0 spiro atoms. The Kier molecular flexibility index (Phi) is 5.09. The molecule has 2 nitrogen and oxygen atoms in total. The minimum atomic E-state index is -1.03. The van der Waals surface area contributed by atoms with Gasteiger partial charge in [0.15, 0.2) is 17.4 Å². The van der Waals surface area contributed by atoms with Crippen LogP contribution < -0.4 is 0 Å². The fourth-order valence-electron chi connectivity index (χ4n) is 2.78. The van der Waals surface area contributed by atoms with E-state index in [1.165, 1.54) is 18.6 Å². The number of hydrogen-bond donors (Lipinski definition) is 0. The number of hydrogen-bond acceptors (Lipinski definition) is 2. The fourth-order valence-corrected chi connectivity index (χ4v) is 2.78. The molecule has 1 aliphatic heterocycles. The second-order valence-electron chi connectivity index (χ2n) is 6.28. The van der Waals surface area contributed by atoms with Gasteiger partial charge in [-0.15, -0.1) is 0 Å². The van der Waals surface area contributed by atoms with E-state index in [0.717, 1.165) is 32.0 Å². The number of carbonyl (C=O) groups excluding carboxylic acids is 1. The lowest BCUT2D eigenvalue weighted by Crippen LogP contribution is -2.39. The summed E-state index contributed by atoms with van der Waals surface area (Å²) in [7, 11) is 0. The summed E-state index contributed by atoms with van der Waals surface area (Å²) in [6.45, 7) is 7.09. The van der Waals surface area contributed by atoms with Crippen LogP contribution in [0.1, 0.15) is 49.9 Å². The molecular formula is C17H23F2NO. The van der Waals surface area contributed by atoms with Crippen LogP contribution in [0.5, 0.6) is 0 Å². The number of carbonyl (C=O) groups is 1. The lowest BCUT2D eigenvalue weighted by Gasteiger charge is -2.38. The van der Waals surface area contributed by atoms with Gasteiger partial charge in [-0.1, -0.05) is 26.3 Å². The molecule has 1 aromatic rings. The summed E-state index contributed by atoms with van der Waals surface area (Å²) in [5.41, 5.74) is 0.278. The Bertz CT molecular complexity index is 508. The molecule has 1 heterocycles. The lowest BCUT2D eigenvalue weighted by atomic mass is 9.78. The summed E-state index contributed by atoms with van der Waals surface area (Å²) < 4.78 is 26.7. The van der Waals surface area contributed by atoms with E-state index in [1.807, 2.05) is 0 Å². The van der Waals surface area contributed by atoms with E-state index in [4.69, 9.17) is 0 Å². The number of ketones is 1. The highest BCUT2D eigenvalue weighted by molar-refractivity contribution is 5.96. The number of likely N-dealkylation sites (tertiary alicyclic amines) is 1. The molecule has 0 radical (unpaired) electrons. The van der Waals surface area contributed by atoms with Gasteiger partial charge >= 0.3 is 0 Å². The van der Waals surface area contributed by atoms with Crippen molar-refractivity contribution in [2.24, 2.45) is 5.41 Å². The Labute approximate surface area is 125 Å². The molecule has 1 aliphatic rings. The van der Waals surface area contributed by atoms with Crippen molar-refractivity contribution in [3.8, 4) is 0 Å². The maximum atomic E-state index is 13.6. The van der Waals surface area contributed by atoms with Crippen LogP contribution in [0.3, 0.4) is 0 Å². The van der Waals surface area contributed by atoms with Gasteiger partial charge in [0.05, 0.1) is 5.56 Å². The van der Waals surface area contributed by atoms with Crippen molar-refractivity contribution in [1.29, 1.82) is 0 Å². The summed E-state index contributed by atoms with van der Waals surface area (Å²) in [5, 5.41) is 0. The summed E-state index contributed by atoms with van der Waals surface area (Å²) in [4.78, 5) is 14.3. The predicted octanol–water partition coefficient (Wildman–Crippen LogP) is 4.05. The second-order valence-corrected chi connectivity index (χ2v) is 6.28. The van der Waals surface area contributed by atoms with Gasteiger partial charge in [-0.25, -0.2) is 8.78 Å². The Morgan fingerprint density at radius 3 is 2.57 bits per heavy atom. The van der Waals surface area contributed by atoms with Gasteiger partial charge in [-0.05, 0) is 43.5 Å². The molecule has 0 aromatic heterocycles. The summed E-state index contributed by atoms with van der Waals surface area (Å²) in [6.07, 6.45) is 3.68. The van der Waals surface area contributed by atoms with E-state index in [9.17, 15) is 13.6 Å².